The van der Waals surface area contributed by atoms with Crippen LogP contribution in [0.1, 0.15) is 35.6 Å². The van der Waals surface area contributed by atoms with Crippen molar-refractivity contribution in [1.29, 1.82) is 0 Å². The van der Waals surface area contributed by atoms with Crippen LogP contribution >= 0.6 is 11.6 Å². The van der Waals surface area contributed by atoms with Crippen LogP contribution in [0.25, 0.3) is 0 Å². The average molecular weight is 427 g/mol. The maximum absolute atomic E-state index is 13.4. The Morgan fingerprint density at radius 1 is 1.14 bits per heavy atom. The van der Waals surface area contributed by atoms with E-state index in [9.17, 15) is 17.2 Å². The minimum absolute atomic E-state index is 0.204. The fraction of sp³-hybridized carbons (Fsp3) is 0.400. The maximum Gasteiger partial charge on any atom is 0.242 e. The number of rotatable bonds is 6. The van der Waals surface area contributed by atoms with Gasteiger partial charge in [-0.3, -0.25) is 4.90 Å². The third-order valence-corrected chi connectivity index (χ3v) is 7.52. The maximum atomic E-state index is 13.4. The van der Waals surface area contributed by atoms with Crippen molar-refractivity contribution < 1.29 is 17.2 Å². The molecule has 1 aliphatic carbocycles. The Kier molecular flexibility index (Phi) is 5.44. The van der Waals surface area contributed by atoms with E-state index in [1.807, 2.05) is 0 Å². The summed E-state index contributed by atoms with van der Waals surface area (Å²) >= 11 is 5.78. The SMILES string of the molecule is O=S(=O)(NCCCN1CCc2cccc3c2C1CC3)c1cc(F)c(F)cc1Cl. The molecule has 0 spiro atoms. The van der Waals surface area contributed by atoms with E-state index >= 15 is 0 Å². The van der Waals surface area contributed by atoms with Gasteiger partial charge >= 0.3 is 0 Å². The van der Waals surface area contributed by atoms with E-state index in [0.29, 0.717) is 24.6 Å². The van der Waals surface area contributed by atoms with Gasteiger partial charge in [0.25, 0.3) is 0 Å². The van der Waals surface area contributed by atoms with Crippen molar-refractivity contribution in [1.82, 2.24) is 9.62 Å². The van der Waals surface area contributed by atoms with Crippen molar-refractivity contribution in [2.75, 3.05) is 19.6 Å². The summed E-state index contributed by atoms with van der Waals surface area (Å²) in [6, 6.07) is 8.23. The van der Waals surface area contributed by atoms with E-state index in [1.54, 1.807) is 0 Å². The van der Waals surface area contributed by atoms with Crippen molar-refractivity contribution in [3.05, 3.63) is 63.7 Å². The molecular weight excluding hydrogens is 406 g/mol. The number of nitrogens with one attached hydrogen (secondary N) is 1. The molecule has 2 aromatic carbocycles. The number of benzene rings is 2. The van der Waals surface area contributed by atoms with Gasteiger partial charge in [-0.1, -0.05) is 29.8 Å². The molecule has 0 fully saturated rings. The lowest BCUT2D eigenvalue weighted by Gasteiger charge is -2.35. The van der Waals surface area contributed by atoms with Gasteiger partial charge in [-0.05, 0) is 54.5 Å². The monoisotopic (exact) mass is 426 g/mol. The van der Waals surface area contributed by atoms with Gasteiger partial charge in [-0.25, -0.2) is 21.9 Å². The summed E-state index contributed by atoms with van der Waals surface area (Å²) in [5.41, 5.74) is 4.33. The smallest absolute Gasteiger partial charge is 0.242 e. The number of nitrogens with zero attached hydrogens (tertiary/aromatic N) is 1. The first-order valence-corrected chi connectivity index (χ1v) is 11.2. The van der Waals surface area contributed by atoms with Crippen LogP contribution in [0.5, 0.6) is 0 Å². The van der Waals surface area contributed by atoms with Gasteiger partial charge in [-0.15, -0.1) is 0 Å². The molecule has 1 N–H and O–H groups in total. The van der Waals surface area contributed by atoms with Crippen molar-refractivity contribution in [3.8, 4) is 0 Å². The number of hydrogen-bond donors (Lipinski definition) is 1. The molecule has 28 heavy (non-hydrogen) atoms. The van der Waals surface area contributed by atoms with Crippen LogP contribution in [0.15, 0.2) is 35.2 Å². The van der Waals surface area contributed by atoms with Gasteiger partial charge in [0, 0.05) is 25.7 Å². The van der Waals surface area contributed by atoms with E-state index in [1.165, 1.54) is 16.7 Å². The van der Waals surface area contributed by atoms with Crippen LogP contribution in [0.3, 0.4) is 0 Å². The molecule has 4 nitrogen and oxygen atoms in total. The zero-order valence-electron chi connectivity index (χ0n) is 15.2. The van der Waals surface area contributed by atoms with Gasteiger partial charge in [-0.2, -0.15) is 0 Å². The highest BCUT2D eigenvalue weighted by molar-refractivity contribution is 7.89. The Labute approximate surface area is 168 Å². The highest BCUT2D eigenvalue weighted by Gasteiger charge is 2.32. The highest BCUT2D eigenvalue weighted by atomic mass is 35.5. The molecule has 1 heterocycles. The summed E-state index contributed by atoms with van der Waals surface area (Å²) < 4.78 is 53.7. The van der Waals surface area contributed by atoms with Crippen molar-refractivity contribution in [2.45, 2.75) is 36.6 Å². The summed E-state index contributed by atoms with van der Waals surface area (Å²) in [4.78, 5) is 1.97. The first-order chi connectivity index (χ1) is 13.4. The predicted octanol–water partition coefficient (Wildman–Crippen LogP) is 3.83. The molecular formula is C20H21ClF2N2O2S. The predicted molar refractivity (Wildman–Crippen MR) is 104 cm³/mol. The molecule has 0 bridgehead atoms. The average Bonchev–Trinajstić information content (AvgIpc) is 3.09. The van der Waals surface area contributed by atoms with E-state index in [0.717, 1.165) is 32.4 Å². The fourth-order valence-corrected chi connectivity index (χ4v) is 5.89. The molecule has 0 radical (unpaired) electrons. The molecule has 4 rings (SSSR count). The summed E-state index contributed by atoms with van der Waals surface area (Å²) in [7, 11) is -4.00. The van der Waals surface area contributed by atoms with Crippen LogP contribution in [0.2, 0.25) is 5.02 Å². The minimum Gasteiger partial charge on any atom is -0.296 e. The number of halogens is 3. The summed E-state index contributed by atoms with van der Waals surface area (Å²) in [5, 5.41) is -0.336. The van der Waals surface area contributed by atoms with Crippen molar-refractivity contribution in [3.63, 3.8) is 0 Å². The lowest BCUT2D eigenvalue weighted by atomic mass is 9.93. The molecule has 0 saturated heterocycles. The largest absolute Gasteiger partial charge is 0.296 e. The molecule has 150 valence electrons. The lowest BCUT2D eigenvalue weighted by molar-refractivity contribution is 0.184. The molecule has 0 aromatic heterocycles. The van der Waals surface area contributed by atoms with Crippen molar-refractivity contribution >= 4 is 21.6 Å². The van der Waals surface area contributed by atoms with Gasteiger partial charge in [0.2, 0.25) is 10.0 Å². The lowest BCUT2D eigenvalue weighted by Crippen LogP contribution is -2.36. The molecule has 2 aromatic rings. The quantitative estimate of drug-likeness (QED) is 0.564. The van der Waals surface area contributed by atoms with E-state index in [2.05, 4.69) is 27.8 Å². The van der Waals surface area contributed by atoms with Gasteiger partial charge in [0.05, 0.1) is 5.02 Å². The Hall–Kier alpha value is -1.54. The summed E-state index contributed by atoms with van der Waals surface area (Å²) in [5.74, 6) is -2.42. The highest BCUT2D eigenvalue weighted by Crippen LogP contribution is 2.41. The molecule has 2 aliphatic rings. The zero-order valence-corrected chi connectivity index (χ0v) is 16.8. The van der Waals surface area contributed by atoms with Crippen LogP contribution in [0.4, 0.5) is 8.78 Å². The number of aryl methyl sites for hydroxylation is 1. The normalized spacial score (nSPS) is 19.0. The second kappa shape index (κ2) is 7.71. The molecule has 1 atom stereocenters. The van der Waals surface area contributed by atoms with E-state index in [4.69, 9.17) is 11.6 Å². The molecule has 0 saturated carbocycles. The van der Waals surface area contributed by atoms with E-state index < -0.39 is 26.6 Å². The molecule has 1 aliphatic heterocycles. The third-order valence-electron chi connectivity index (χ3n) is 5.59. The minimum atomic E-state index is -4.00. The first-order valence-electron chi connectivity index (χ1n) is 9.36. The zero-order chi connectivity index (χ0) is 19.9. The van der Waals surface area contributed by atoms with E-state index in [-0.39, 0.29) is 11.6 Å². The van der Waals surface area contributed by atoms with Gasteiger partial charge in [0.1, 0.15) is 4.90 Å². The second-order valence-corrected chi connectivity index (χ2v) is 9.42. The topological polar surface area (TPSA) is 49.4 Å². The van der Waals surface area contributed by atoms with Crippen LogP contribution in [0, 0.1) is 11.6 Å². The number of hydrogen-bond acceptors (Lipinski definition) is 3. The Morgan fingerprint density at radius 3 is 2.64 bits per heavy atom. The summed E-state index contributed by atoms with van der Waals surface area (Å²) in [6.07, 6.45) is 3.82. The van der Waals surface area contributed by atoms with Crippen molar-refractivity contribution in [2.24, 2.45) is 0 Å². The molecule has 8 heteroatoms. The standard InChI is InChI=1S/C20H21ClF2N2O2S/c21-15-11-16(22)17(23)12-19(15)28(26,27)24-8-2-9-25-10-7-14-4-1-3-13-5-6-18(25)20(13)14/h1,3-4,11-12,18,24H,2,5-10H2. The Morgan fingerprint density at radius 2 is 1.86 bits per heavy atom. The second-order valence-electron chi connectivity index (χ2n) is 7.28. The molecule has 0 amide bonds. The van der Waals surface area contributed by atoms with Crippen LogP contribution in [-0.2, 0) is 22.9 Å². The Bertz CT molecular complexity index is 1010. The van der Waals surface area contributed by atoms with Gasteiger partial charge in [0.15, 0.2) is 11.6 Å². The van der Waals surface area contributed by atoms with Gasteiger partial charge < -0.3 is 0 Å². The summed E-state index contributed by atoms with van der Waals surface area (Å²) in [6.45, 7) is 1.94. The van der Waals surface area contributed by atoms with Crippen LogP contribution < -0.4 is 4.72 Å². The number of sulfonamides is 1. The third kappa shape index (κ3) is 3.68. The fourth-order valence-electron chi connectivity index (χ4n) is 4.30. The molecule has 1 unspecified atom stereocenters. The van der Waals surface area contributed by atoms with Crippen LogP contribution in [-0.4, -0.2) is 33.0 Å². The first kappa shape index (κ1) is 19.8. The Balaban J connectivity index is 1.36.